The number of aliphatic hydroxyl groups is 1. The molecule has 6 heteroatoms. The Hall–Kier alpha value is -1.61. The van der Waals surface area contributed by atoms with Gasteiger partial charge in [-0.25, -0.2) is 0 Å². The Morgan fingerprint density at radius 1 is 1.24 bits per heavy atom. The van der Waals surface area contributed by atoms with Crippen LogP contribution in [0, 0.1) is 16.7 Å². The number of aliphatic hydroxyl groups excluding tert-OH is 1. The van der Waals surface area contributed by atoms with Gasteiger partial charge in [-0.1, -0.05) is 12.8 Å². The molecule has 94 valence electrons. The summed E-state index contributed by atoms with van der Waals surface area (Å²) < 4.78 is 0. The summed E-state index contributed by atoms with van der Waals surface area (Å²) in [7, 11) is 0. The van der Waals surface area contributed by atoms with Gasteiger partial charge in [-0.2, -0.15) is 5.26 Å². The average Bonchev–Trinajstić information content (AvgIpc) is 2.82. The molecule has 1 aliphatic rings. The smallest absolute Gasteiger partial charge is 0.310 e. The lowest BCUT2D eigenvalue weighted by Crippen LogP contribution is -2.45. The first kappa shape index (κ1) is 13.5. The zero-order chi connectivity index (χ0) is 12.7. The molecule has 0 heterocycles. The summed E-state index contributed by atoms with van der Waals surface area (Å²) in [4.78, 5) is 22.5. The molecule has 1 aliphatic carbocycles. The maximum Gasteiger partial charge on any atom is 0.310 e. The molecule has 0 atom stereocenters. The molecule has 0 spiro atoms. The van der Waals surface area contributed by atoms with E-state index in [9.17, 15) is 14.7 Å². The van der Waals surface area contributed by atoms with Crippen LogP contribution < -0.4 is 10.6 Å². The number of carbonyl (C=O) groups excluding carboxylic acids is 2. The van der Waals surface area contributed by atoms with Crippen LogP contribution in [0.3, 0.4) is 0 Å². The second-order valence-electron chi connectivity index (χ2n) is 4.39. The number of rotatable bonds is 4. The van der Waals surface area contributed by atoms with Gasteiger partial charge in [0.05, 0.1) is 12.7 Å². The van der Waals surface area contributed by atoms with E-state index in [4.69, 9.17) is 5.26 Å². The van der Waals surface area contributed by atoms with Gasteiger partial charge in [0, 0.05) is 12.0 Å². The number of hydrogen-bond donors (Lipinski definition) is 3. The van der Waals surface area contributed by atoms with E-state index in [2.05, 4.69) is 10.6 Å². The lowest BCUT2D eigenvalue weighted by atomic mass is 9.87. The normalized spacial score (nSPS) is 17.2. The fourth-order valence-electron chi connectivity index (χ4n) is 2.06. The van der Waals surface area contributed by atoms with Crippen molar-refractivity contribution < 1.29 is 14.7 Å². The van der Waals surface area contributed by atoms with Gasteiger partial charge in [0.1, 0.15) is 6.54 Å². The molecule has 0 aromatic heterocycles. The summed E-state index contributed by atoms with van der Waals surface area (Å²) in [6, 6.07) is 1.72. The summed E-state index contributed by atoms with van der Waals surface area (Å²) >= 11 is 0. The molecular weight excluding hydrogens is 222 g/mol. The summed E-state index contributed by atoms with van der Waals surface area (Å²) in [5.41, 5.74) is -0.273. The summed E-state index contributed by atoms with van der Waals surface area (Å²) in [6.45, 7) is 0.146. The van der Waals surface area contributed by atoms with Crippen LogP contribution in [0.1, 0.15) is 25.7 Å². The summed E-state index contributed by atoms with van der Waals surface area (Å²) in [5.74, 6) is -1.56. The van der Waals surface area contributed by atoms with E-state index in [1.54, 1.807) is 6.07 Å². The monoisotopic (exact) mass is 239 g/mol. The quantitative estimate of drug-likeness (QED) is 0.445. The van der Waals surface area contributed by atoms with Crippen molar-refractivity contribution in [3.8, 4) is 6.07 Å². The van der Waals surface area contributed by atoms with Gasteiger partial charge in [0.15, 0.2) is 0 Å². The first-order chi connectivity index (χ1) is 8.13. The number of amides is 2. The van der Waals surface area contributed by atoms with E-state index in [-0.39, 0.29) is 18.6 Å². The molecule has 6 nitrogen and oxygen atoms in total. The highest BCUT2D eigenvalue weighted by Gasteiger charge is 2.33. The Labute approximate surface area is 100.0 Å². The molecule has 1 fully saturated rings. The van der Waals surface area contributed by atoms with Crippen molar-refractivity contribution in [2.45, 2.75) is 25.7 Å². The van der Waals surface area contributed by atoms with E-state index < -0.39 is 11.8 Å². The highest BCUT2D eigenvalue weighted by atomic mass is 16.3. The van der Waals surface area contributed by atoms with Gasteiger partial charge in [-0.3, -0.25) is 9.59 Å². The van der Waals surface area contributed by atoms with Crippen molar-refractivity contribution in [2.75, 3.05) is 19.7 Å². The van der Waals surface area contributed by atoms with E-state index in [1.165, 1.54) is 0 Å². The van der Waals surface area contributed by atoms with Crippen molar-refractivity contribution in [3.05, 3.63) is 0 Å². The Bertz CT molecular complexity index is 329. The number of hydrogen-bond acceptors (Lipinski definition) is 4. The van der Waals surface area contributed by atoms with Crippen LogP contribution >= 0.6 is 0 Å². The second-order valence-corrected chi connectivity index (χ2v) is 4.39. The minimum absolute atomic E-state index is 0.0209. The van der Waals surface area contributed by atoms with Crippen LogP contribution in [-0.4, -0.2) is 36.6 Å². The fraction of sp³-hybridized carbons (Fsp3) is 0.727. The Balaban J connectivity index is 2.37. The molecule has 1 saturated carbocycles. The number of nitrogens with one attached hydrogen (secondary N) is 2. The Kier molecular flexibility index (Phi) is 4.91. The maximum absolute atomic E-state index is 11.3. The van der Waals surface area contributed by atoms with Crippen LogP contribution in [0.5, 0.6) is 0 Å². The van der Waals surface area contributed by atoms with Crippen LogP contribution in [-0.2, 0) is 9.59 Å². The highest BCUT2D eigenvalue weighted by molar-refractivity contribution is 6.35. The lowest BCUT2D eigenvalue weighted by molar-refractivity contribution is -0.139. The minimum atomic E-state index is -0.808. The topological polar surface area (TPSA) is 102 Å². The average molecular weight is 239 g/mol. The number of nitrogens with zero attached hydrogens (tertiary/aromatic N) is 1. The van der Waals surface area contributed by atoms with E-state index in [0.29, 0.717) is 6.54 Å². The van der Waals surface area contributed by atoms with Crippen molar-refractivity contribution in [1.82, 2.24) is 10.6 Å². The third-order valence-electron chi connectivity index (χ3n) is 3.16. The Morgan fingerprint density at radius 2 is 1.82 bits per heavy atom. The lowest BCUT2D eigenvalue weighted by Gasteiger charge is -2.26. The van der Waals surface area contributed by atoms with Gasteiger partial charge in [-0.05, 0) is 12.8 Å². The molecular formula is C11H17N3O3. The van der Waals surface area contributed by atoms with Crippen LogP contribution in [0.4, 0.5) is 0 Å². The summed E-state index contributed by atoms with van der Waals surface area (Å²) in [5, 5.41) is 22.2. The summed E-state index contributed by atoms with van der Waals surface area (Å²) in [6.07, 6.45) is 3.81. The van der Waals surface area contributed by atoms with Crippen molar-refractivity contribution >= 4 is 11.8 Å². The molecule has 1 rings (SSSR count). The minimum Gasteiger partial charge on any atom is -0.396 e. The van der Waals surface area contributed by atoms with Crippen molar-refractivity contribution in [3.63, 3.8) is 0 Å². The van der Waals surface area contributed by atoms with Crippen LogP contribution in [0.25, 0.3) is 0 Å². The van der Waals surface area contributed by atoms with Gasteiger partial charge >= 0.3 is 11.8 Å². The first-order valence-electron chi connectivity index (χ1n) is 5.67. The molecule has 0 aliphatic heterocycles. The zero-order valence-corrected chi connectivity index (χ0v) is 9.66. The SMILES string of the molecule is N#CCNC(=O)C(=O)NCC1(CO)CCCC1. The molecule has 0 radical (unpaired) electrons. The predicted molar refractivity (Wildman–Crippen MR) is 59.6 cm³/mol. The van der Waals surface area contributed by atoms with Crippen LogP contribution in [0.15, 0.2) is 0 Å². The van der Waals surface area contributed by atoms with E-state index in [1.807, 2.05) is 0 Å². The molecule has 2 amide bonds. The van der Waals surface area contributed by atoms with Gasteiger partial charge in [-0.15, -0.1) is 0 Å². The highest BCUT2D eigenvalue weighted by Crippen LogP contribution is 2.36. The Morgan fingerprint density at radius 3 is 2.35 bits per heavy atom. The second kappa shape index (κ2) is 6.21. The van der Waals surface area contributed by atoms with Gasteiger partial charge < -0.3 is 15.7 Å². The van der Waals surface area contributed by atoms with Crippen molar-refractivity contribution in [2.24, 2.45) is 5.41 Å². The third-order valence-corrected chi connectivity index (χ3v) is 3.16. The number of nitriles is 1. The standard InChI is InChI=1S/C11H17N3O3/c12-5-6-13-9(16)10(17)14-7-11(8-15)3-1-2-4-11/h15H,1-4,6-8H2,(H,13,16)(H,14,17). The maximum atomic E-state index is 11.3. The first-order valence-corrected chi connectivity index (χ1v) is 5.67. The molecule has 0 aromatic rings. The molecule has 17 heavy (non-hydrogen) atoms. The molecule has 0 aromatic carbocycles. The molecule has 0 bridgehead atoms. The van der Waals surface area contributed by atoms with Gasteiger partial charge in [0.2, 0.25) is 0 Å². The molecule has 0 unspecified atom stereocenters. The molecule has 3 N–H and O–H groups in total. The van der Waals surface area contributed by atoms with E-state index >= 15 is 0 Å². The van der Waals surface area contributed by atoms with Crippen LogP contribution in [0.2, 0.25) is 0 Å². The number of carbonyl (C=O) groups is 2. The molecule has 0 saturated heterocycles. The predicted octanol–water partition coefficient (Wildman–Crippen LogP) is -0.705. The third kappa shape index (κ3) is 3.71. The fourth-order valence-corrected chi connectivity index (χ4v) is 2.06. The van der Waals surface area contributed by atoms with Gasteiger partial charge in [0.25, 0.3) is 0 Å². The largest absolute Gasteiger partial charge is 0.396 e. The van der Waals surface area contributed by atoms with Crippen molar-refractivity contribution in [1.29, 1.82) is 5.26 Å². The zero-order valence-electron chi connectivity index (χ0n) is 9.66. The van der Waals surface area contributed by atoms with E-state index in [0.717, 1.165) is 25.7 Å².